The quantitative estimate of drug-likeness (QED) is 0.199. The number of alkyl halides is 3. The van der Waals surface area contributed by atoms with Gasteiger partial charge in [-0.15, -0.1) is 6.58 Å². The second kappa shape index (κ2) is 15.9. The number of aryl methyl sites for hydroxylation is 1. The summed E-state index contributed by atoms with van der Waals surface area (Å²) in [4.78, 5) is 5.48. The van der Waals surface area contributed by atoms with Crippen LogP contribution in [0.3, 0.4) is 0 Å². The summed E-state index contributed by atoms with van der Waals surface area (Å²) in [6, 6.07) is 14.9. The van der Waals surface area contributed by atoms with Gasteiger partial charge in [-0.05, 0) is 36.2 Å². The predicted molar refractivity (Wildman–Crippen MR) is 147 cm³/mol. The third-order valence-corrected chi connectivity index (χ3v) is 6.32. The van der Waals surface area contributed by atoms with Crippen LogP contribution >= 0.6 is 0 Å². The van der Waals surface area contributed by atoms with Gasteiger partial charge in [0.25, 0.3) is 0 Å². The molecule has 38 heavy (non-hydrogen) atoms. The second-order valence-corrected chi connectivity index (χ2v) is 9.05. The Morgan fingerprint density at radius 3 is 1.92 bits per heavy atom. The predicted octanol–water partition coefficient (Wildman–Crippen LogP) is 8.11. The molecule has 3 rings (SSSR count). The van der Waals surface area contributed by atoms with Gasteiger partial charge in [0.15, 0.2) is 11.6 Å². The molecule has 1 aromatic heterocycles. The van der Waals surface area contributed by atoms with Crippen LogP contribution in [-0.2, 0) is 30.1 Å². The van der Waals surface area contributed by atoms with E-state index in [0.29, 0.717) is 11.8 Å². The molecule has 3 aromatic rings. The maximum absolute atomic E-state index is 15.1. The van der Waals surface area contributed by atoms with E-state index in [2.05, 4.69) is 11.6 Å². The summed E-state index contributed by atoms with van der Waals surface area (Å²) in [7, 11) is -0.603. The molecule has 1 unspecified atom stereocenters. The van der Waals surface area contributed by atoms with Crippen molar-refractivity contribution in [2.75, 3.05) is 17.8 Å². The van der Waals surface area contributed by atoms with E-state index in [4.69, 9.17) is 4.74 Å². The number of methoxy groups -OCH3 is 1. The first kappa shape index (κ1) is 32.8. The van der Waals surface area contributed by atoms with Crippen LogP contribution in [0.25, 0.3) is 0 Å². The lowest BCUT2D eigenvalue weighted by atomic mass is 10.1. The minimum atomic E-state index is -4.91. The Balaban J connectivity index is 0.00000172. The number of rotatable bonds is 9. The molecule has 0 fully saturated rings. The van der Waals surface area contributed by atoms with Crippen LogP contribution in [0.4, 0.5) is 23.4 Å². The number of benzene rings is 2. The first-order valence-electron chi connectivity index (χ1n) is 12.3. The Labute approximate surface area is 225 Å². The van der Waals surface area contributed by atoms with Crippen molar-refractivity contribution in [1.29, 1.82) is 0 Å². The van der Waals surface area contributed by atoms with Crippen LogP contribution in [0.2, 0.25) is 0 Å². The summed E-state index contributed by atoms with van der Waals surface area (Å²) in [6.07, 6.45) is -3.67. The zero-order valence-corrected chi connectivity index (χ0v) is 23.5. The summed E-state index contributed by atoms with van der Waals surface area (Å²) in [6.45, 7) is 13.7. The van der Waals surface area contributed by atoms with Crippen molar-refractivity contribution < 1.29 is 26.5 Å². The highest BCUT2D eigenvalue weighted by molar-refractivity contribution is 7.85. The van der Waals surface area contributed by atoms with Crippen molar-refractivity contribution in [3.05, 3.63) is 95.3 Å². The lowest BCUT2D eigenvalue weighted by Crippen LogP contribution is -2.26. The van der Waals surface area contributed by atoms with Crippen LogP contribution in [0, 0.1) is 12.7 Å². The van der Waals surface area contributed by atoms with Crippen molar-refractivity contribution in [2.45, 2.75) is 58.9 Å². The zero-order chi connectivity index (χ0) is 28.9. The second-order valence-electron chi connectivity index (χ2n) is 7.63. The number of ether oxygens (including phenoxy) is 1. The van der Waals surface area contributed by atoms with E-state index in [1.165, 1.54) is 18.1 Å². The van der Waals surface area contributed by atoms with E-state index in [0.717, 1.165) is 16.7 Å². The van der Waals surface area contributed by atoms with Gasteiger partial charge < -0.3 is 9.64 Å². The molecule has 0 radical (unpaired) electrons. The number of pyridine rings is 1. The summed E-state index contributed by atoms with van der Waals surface area (Å²) in [5, 5.41) is -0.715. The van der Waals surface area contributed by atoms with Gasteiger partial charge in [0.05, 0.1) is 23.5 Å². The fourth-order valence-electron chi connectivity index (χ4n) is 3.32. The van der Waals surface area contributed by atoms with Crippen molar-refractivity contribution in [3.63, 3.8) is 0 Å². The number of aromatic nitrogens is 1. The lowest BCUT2D eigenvalue weighted by Gasteiger charge is -2.26. The first-order valence-corrected chi connectivity index (χ1v) is 13.6. The molecule has 0 aliphatic carbocycles. The van der Waals surface area contributed by atoms with Gasteiger partial charge in [0.2, 0.25) is 0 Å². The molecule has 0 spiro atoms. The molecular weight excluding hydrogens is 516 g/mol. The van der Waals surface area contributed by atoms with Gasteiger partial charge in [0, 0.05) is 18.8 Å². The molecular formula is C29H36F4N2O2S. The zero-order valence-electron chi connectivity index (χ0n) is 22.7. The van der Waals surface area contributed by atoms with Gasteiger partial charge in [0.1, 0.15) is 10.8 Å². The molecule has 4 nitrogen and oxygen atoms in total. The molecule has 0 aliphatic heterocycles. The molecule has 0 saturated heterocycles. The maximum Gasteiger partial charge on any atom is 0.419 e. The molecule has 2 aromatic carbocycles. The van der Waals surface area contributed by atoms with E-state index >= 15 is 4.39 Å². The van der Waals surface area contributed by atoms with Crippen molar-refractivity contribution >= 4 is 16.6 Å². The summed E-state index contributed by atoms with van der Waals surface area (Å²) < 4.78 is 73.5. The van der Waals surface area contributed by atoms with Crippen molar-refractivity contribution in [1.82, 2.24) is 4.98 Å². The SMILES string of the molecule is C=CCS(=O)c1nc(N(Cc2ccc(C)cc2)Cc2ccc(OC)cc2)c(F)cc1C(F)(F)F.CC.CC. The highest BCUT2D eigenvalue weighted by Gasteiger charge is 2.37. The third-order valence-electron chi connectivity index (χ3n) is 5.04. The van der Waals surface area contributed by atoms with Gasteiger partial charge in [-0.2, -0.15) is 13.2 Å². The first-order chi connectivity index (χ1) is 18.1. The van der Waals surface area contributed by atoms with Crippen LogP contribution in [0.1, 0.15) is 49.9 Å². The van der Waals surface area contributed by atoms with E-state index in [1.807, 2.05) is 58.9 Å². The standard InChI is InChI=1S/C25H24F4N2O2S.2C2H6/c1-4-13-34(32)24-21(25(27,28)29)14-22(26)23(30-24)31(15-18-7-5-17(2)6-8-18)16-19-9-11-20(33-3)12-10-19;2*1-2/h4-12,14H,1,13,15-16H2,2-3H3;2*1-2H3. The van der Waals surface area contributed by atoms with E-state index in [-0.39, 0.29) is 24.7 Å². The fourth-order valence-corrected chi connectivity index (χ4v) is 4.30. The minimum Gasteiger partial charge on any atom is -0.497 e. The Kier molecular flexibility index (Phi) is 13.7. The highest BCUT2D eigenvalue weighted by Crippen LogP contribution is 2.36. The summed E-state index contributed by atoms with van der Waals surface area (Å²) in [5.41, 5.74) is 1.26. The van der Waals surface area contributed by atoms with Crippen LogP contribution < -0.4 is 9.64 Å². The smallest absolute Gasteiger partial charge is 0.419 e. The molecule has 9 heteroatoms. The molecule has 208 valence electrons. The molecule has 1 heterocycles. The summed E-state index contributed by atoms with van der Waals surface area (Å²) in [5.74, 6) is -1.06. The monoisotopic (exact) mass is 552 g/mol. The van der Waals surface area contributed by atoms with Gasteiger partial charge >= 0.3 is 6.18 Å². The van der Waals surface area contributed by atoms with Crippen molar-refractivity contribution in [2.24, 2.45) is 0 Å². The van der Waals surface area contributed by atoms with Gasteiger partial charge in [-0.3, -0.25) is 4.21 Å². The Bertz CT molecular complexity index is 1160. The third kappa shape index (κ3) is 9.28. The van der Waals surface area contributed by atoms with Crippen LogP contribution in [0.15, 0.2) is 72.3 Å². The molecule has 0 aliphatic rings. The molecule has 0 amide bonds. The fraction of sp³-hybridized carbons (Fsp3) is 0.345. The number of halogens is 4. The van der Waals surface area contributed by atoms with Crippen LogP contribution in [-0.4, -0.2) is 22.1 Å². The Hall–Kier alpha value is -3.20. The van der Waals surface area contributed by atoms with Gasteiger partial charge in [-0.25, -0.2) is 9.37 Å². The van der Waals surface area contributed by atoms with E-state index < -0.39 is 33.4 Å². The average Bonchev–Trinajstić information content (AvgIpc) is 2.91. The lowest BCUT2D eigenvalue weighted by molar-refractivity contribution is -0.140. The number of nitrogens with zero attached hydrogens (tertiary/aromatic N) is 2. The van der Waals surface area contributed by atoms with Crippen molar-refractivity contribution in [3.8, 4) is 5.75 Å². The normalized spacial score (nSPS) is 11.3. The molecule has 1 atom stereocenters. The molecule has 0 N–H and O–H groups in total. The van der Waals surface area contributed by atoms with E-state index in [9.17, 15) is 17.4 Å². The average molecular weight is 553 g/mol. The number of hydrogen-bond acceptors (Lipinski definition) is 4. The number of hydrogen-bond donors (Lipinski definition) is 0. The topological polar surface area (TPSA) is 42.4 Å². The summed E-state index contributed by atoms with van der Waals surface area (Å²) >= 11 is 0. The highest BCUT2D eigenvalue weighted by atomic mass is 32.2. The Morgan fingerprint density at radius 1 is 0.974 bits per heavy atom. The number of anilines is 1. The molecule has 0 bridgehead atoms. The molecule has 0 saturated carbocycles. The minimum absolute atomic E-state index is 0.153. The Morgan fingerprint density at radius 2 is 1.47 bits per heavy atom. The van der Waals surface area contributed by atoms with E-state index in [1.54, 1.807) is 24.3 Å². The van der Waals surface area contributed by atoms with Gasteiger partial charge in [-0.1, -0.05) is 75.7 Å². The van der Waals surface area contributed by atoms with Crippen LogP contribution in [0.5, 0.6) is 5.75 Å². The largest absolute Gasteiger partial charge is 0.497 e. The maximum atomic E-state index is 15.1.